The van der Waals surface area contributed by atoms with E-state index < -0.39 is 0 Å². The zero-order valence-corrected chi connectivity index (χ0v) is 12.6. The molecule has 0 spiro atoms. The van der Waals surface area contributed by atoms with Crippen molar-refractivity contribution in [1.29, 1.82) is 0 Å². The van der Waals surface area contributed by atoms with Crippen LogP contribution in [0.5, 0.6) is 0 Å². The van der Waals surface area contributed by atoms with Crippen molar-refractivity contribution in [2.75, 3.05) is 6.61 Å². The fourth-order valence-electron chi connectivity index (χ4n) is 2.39. The molecule has 2 aromatic carbocycles. The number of halogens is 1. The van der Waals surface area contributed by atoms with E-state index in [4.69, 9.17) is 11.6 Å². The number of aliphatic hydroxyl groups is 1. The molecule has 2 atom stereocenters. The van der Waals surface area contributed by atoms with Gasteiger partial charge < -0.3 is 10.4 Å². The molecule has 21 heavy (non-hydrogen) atoms. The zero-order valence-electron chi connectivity index (χ0n) is 11.9. The van der Waals surface area contributed by atoms with Gasteiger partial charge in [0.05, 0.1) is 12.6 Å². The van der Waals surface area contributed by atoms with Crippen molar-refractivity contribution in [3.8, 4) is 0 Å². The van der Waals surface area contributed by atoms with Crippen LogP contribution in [-0.4, -0.2) is 11.7 Å². The minimum Gasteiger partial charge on any atom is -0.394 e. The van der Waals surface area contributed by atoms with Gasteiger partial charge >= 0.3 is 0 Å². The van der Waals surface area contributed by atoms with Crippen LogP contribution in [0.4, 0.5) is 0 Å². The highest BCUT2D eigenvalue weighted by molar-refractivity contribution is 6.31. The molecule has 2 aromatic rings. The quantitative estimate of drug-likeness (QED) is 0.748. The standard InChI is InChI=1S/C18H20ClNO/c1-2-8-17(15-11-6-7-12-16(15)19)20-18(13-21)14-9-4-3-5-10-14/h2-7,9-12,17-18,20-21H,1,8,13H2/t17-,18+/m1/s1. The van der Waals surface area contributed by atoms with Gasteiger partial charge in [0.25, 0.3) is 0 Å². The lowest BCUT2D eigenvalue weighted by molar-refractivity contribution is 0.233. The molecule has 110 valence electrons. The predicted octanol–water partition coefficient (Wildman–Crippen LogP) is 4.28. The molecule has 2 N–H and O–H groups in total. The summed E-state index contributed by atoms with van der Waals surface area (Å²) in [5, 5.41) is 13.9. The van der Waals surface area contributed by atoms with E-state index in [0.717, 1.165) is 22.6 Å². The predicted molar refractivity (Wildman–Crippen MR) is 88.4 cm³/mol. The van der Waals surface area contributed by atoms with E-state index in [9.17, 15) is 5.11 Å². The third-order valence-corrected chi connectivity index (χ3v) is 3.81. The summed E-state index contributed by atoms with van der Waals surface area (Å²) in [6.07, 6.45) is 2.60. The van der Waals surface area contributed by atoms with E-state index >= 15 is 0 Å². The Morgan fingerprint density at radius 3 is 2.33 bits per heavy atom. The molecule has 0 heterocycles. The minimum absolute atomic E-state index is 0.0218. The number of nitrogens with one attached hydrogen (secondary N) is 1. The van der Waals surface area contributed by atoms with Crippen molar-refractivity contribution in [3.05, 3.63) is 83.4 Å². The summed E-state index contributed by atoms with van der Waals surface area (Å²) in [5.41, 5.74) is 2.08. The summed E-state index contributed by atoms with van der Waals surface area (Å²) in [4.78, 5) is 0. The molecule has 3 heteroatoms. The zero-order chi connectivity index (χ0) is 15.1. The van der Waals surface area contributed by atoms with Crippen molar-refractivity contribution in [2.45, 2.75) is 18.5 Å². The van der Waals surface area contributed by atoms with Crippen LogP contribution in [0, 0.1) is 0 Å². The van der Waals surface area contributed by atoms with Crippen LogP contribution in [0.25, 0.3) is 0 Å². The molecule has 0 radical (unpaired) electrons. The van der Waals surface area contributed by atoms with Gasteiger partial charge in [-0.3, -0.25) is 0 Å². The number of rotatable bonds is 7. The van der Waals surface area contributed by atoms with Crippen LogP contribution in [0.3, 0.4) is 0 Å². The molecule has 0 aliphatic carbocycles. The van der Waals surface area contributed by atoms with E-state index in [1.54, 1.807) is 0 Å². The Morgan fingerprint density at radius 1 is 1.05 bits per heavy atom. The van der Waals surface area contributed by atoms with Crippen molar-refractivity contribution in [1.82, 2.24) is 5.32 Å². The van der Waals surface area contributed by atoms with E-state index in [-0.39, 0.29) is 18.7 Å². The Hall–Kier alpha value is -1.61. The normalized spacial score (nSPS) is 13.6. The molecule has 0 bridgehead atoms. The van der Waals surface area contributed by atoms with Crippen LogP contribution in [0.15, 0.2) is 67.3 Å². The van der Waals surface area contributed by atoms with Crippen molar-refractivity contribution in [3.63, 3.8) is 0 Å². The average Bonchev–Trinajstić information content (AvgIpc) is 2.53. The first-order valence-electron chi connectivity index (χ1n) is 7.03. The van der Waals surface area contributed by atoms with Gasteiger partial charge in [-0.05, 0) is 23.6 Å². The molecule has 2 rings (SSSR count). The van der Waals surface area contributed by atoms with Crippen molar-refractivity contribution < 1.29 is 5.11 Å². The minimum atomic E-state index is -0.132. The molecule has 2 nitrogen and oxygen atoms in total. The number of benzene rings is 2. The van der Waals surface area contributed by atoms with Crippen molar-refractivity contribution >= 4 is 11.6 Å². The van der Waals surface area contributed by atoms with Crippen LogP contribution in [0.1, 0.15) is 29.6 Å². The first kappa shape index (κ1) is 15.8. The lowest BCUT2D eigenvalue weighted by Crippen LogP contribution is -2.29. The highest BCUT2D eigenvalue weighted by atomic mass is 35.5. The number of hydrogen-bond acceptors (Lipinski definition) is 2. The third-order valence-electron chi connectivity index (χ3n) is 3.47. The largest absolute Gasteiger partial charge is 0.394 e. The second-order valence-electron chi connectivity index (χ2n) is 4.91. The SMILES string of the molecule is C=CC[C@@H](N[C@@H](CO)c1ccccc1)c1ccccc1Cl. The monoisotopic (exact) mass is 301 g/mol. The van der Waals surface area contributed by atoms with Gasteiger partial charge in [0, 0.05) is 11.1 Å². The summed E-state index contributed by atoms with van der Waals surface area (Å²) in [6, 6.07) is 17.6. The Labute approximate surface area is 131 Å². The van der Waals surface area contributed by atoms with Crippen LogP contribution < -0.4 is 5.32 Å². The maximum atomic E-state index is 9.69. The van der Waals surface area contributed by atoms with Crippen LogP contribution in [-0.2, 0) is 0 Å². The van der Waals surface area contributed by atoms with Gasteiger partial charge in [-0.2, -0.15) is 0 Å². The molecular formula is C18H20ClNO. The van der Waals surface area contributed by atoms with E-state index in [1.807, 2.05) is 60.7 Å². The summed E-state index contributed by atoms with van der Waals surface area (Å²) in [5.74, 6) is 0. The molecule has 0 saturated heterocycles. The Balaban J connectivity index is 2.23. The second-order valence-corrected chi connectivity index (χ2v) is 5.32. The second kappa shape index (κ2) is 7.99. The molecule has 0 aliphatic heterocycles. The molecule has 0 fully saturated rings. The lowest BCUT2D eigenvalue weighted by Gasteiger charge is -2.25. The summed E-state index contributed by atoms with van der Waals surface area (Å²) >= 11 is 6.29. The molecule has 0 amide bonds. The Morgan fingerprint density at radius 2 is 1.71 bits per heavy atom. The van der Waals surface area contributed by atoms with Gasteiger partial charge in [-0.1, -0.05) is 66.2 Å². The molecule has 0 aromatic heterocycles. The average molecular weight is 302 g/mol. The van der Waals surface area contributed by atoms with Gasteiger partial charge in [0.1, 0.15) is 0 Å². The van der Waals surface area contributed by atoms with Crippen LogP contribution >= 0.6 is 11.6 Å². The fraction of sp³-hybridized carbons (Fsp3) is 0.222. The highest BCUT2D eigenvalue weighted by Crippen LogP contribution is 2.28. The smallest absolute Gasteiger partial charge is 0.0626 e. The molecule has 0 saturated carbocycles. The van der Waals surface area contributed by atoms with Crippen molar-refractivity contribution in [2.24, 2.45) is 0 Å². The maximum absolute atomic E-state index is 9.69. The Bertz CT molecular complexity index is 570. The fourth-order valence-corrected chi connectivity index (χ4v) is 2.66. The van der Waals surface area contributed by atoms with E-state index in [0.29, 0.717) is 0 Å². The summed E-state index contributed by atoms with van der Waals surface area (Å²) < 4.78 is 0. The van der Waals surface area contributed by atoms with Gasteiger partial charge in [0.2, 0.25) is 0 Å². The molecule has 0 unspecified atom stereocenters. The topological polar surface area (TPSA) is 32.3 Å². The first-order chi connectivity index (χ1) is 10.3. The maximum Gasteiger partial charge on any atom is 0.0626 e. The third kappa shape index (κ3) is 4.18. The highest BCUT2D eigenvalue weighted by Gasteiger charge is 2.18. The summed E-state index contributed by atoms with van der Waals surface area (Å²) in [6.45, 7) is 3.85. The van der Waals surface area contributed by atoms with Gasteiger partial charge in [-0.25, -0.2) is 0 Å². The first-order valence-corrected chi connectivity index (χ1v) is 7.41. The number of aliphatic hydroxyl groups excluding tert-OH is 1. The number of hydrogen-bond donors (Lipinski definition) is 2. The van der Waals surface area contributed by atoms with Gasteiger partial charge in [-0.15, -0.1) is 6.58 Å². The Kier molecular flexibility index (Phi) is 6.00. The van der Waals surface area contributed by atoms with E-state index in [1.165, 1.54) is 0 Å². The van der Waals surface area contributed by atoms with Crippen LogP contribution in [0.2, 0.25) is 5.02 Å². The molecule has 0 aliphatic rings. The molecular weight excluding hydrogens is 282 g/mol. The lowest BCUT2D eigenvalue weighted by atomic mass is 10.00. The summed E-state index contributed by atoms with van der Waals surface area (Å²) in [7, 11) is 0. The van der Waals surface area contributed by atoms with E-state index in [2.05, 4.69) is 11.9 Å². The van der Waals surface area contributed by atoms with Gasteiger partial charge in [0.15, 0.2) is 0 Å².